The number of nitrogens with zero attached hydrogens (tertiary/aromatic N) is 1. The summed E-state index contributed by atoms with van der Waals surface area (Å²) in [6.45, 7) is 8.50. The molecule has 0 saturated carbocycles. The van der Waals surface area contributed by atoms with Crippen LogP contribution in [0.4, 0.5) is 5.69 Å². The molecule has 1 unspecified atom stereocenters. The van der Waals surface area contributed by atoms with Crippen molar-refractivity contribution in [3.05, 3.63) is 35.9 Å². The van der Waals surface area contributed by atoms with Gasteiger partial charge >= 0.3 is 0 Å². The third kappa shape index (κ3) is 3.45. The van der Waals surface area contributed by atoms with Crippen LogP contribution in [0.15, 0.2) is 24.8 Å². The maximum Gasteiger partial charge on any atom is 0.157 e. The summed E-state index contributed by atoms with van der Waals surface area (Å²) in [5, 5.41) is 0. The second-order valence-corrected chi connectivity index (χ2v) is 7.11. The second-order valence-electron chi connectivity index (χ2n) is 7.11. The average molecular weight is 329 g/mol. The third-order valence-corrected chi connectivity index (χ3v) is 5.43. The first-order valence-corrected chi connectivity index (χ1v) is 9.23. The summed E-state index contributed by atoms with van der Waals surface area (Å²) in [7, 11) is 0. The Bertz CT molecular complexity index is 587. The molecule has 24 heavy (non-hydrogen) atoms. The van der Waals surface area contributed by atoms with Crippen LogP contribution in [-0.4, -0.2) is 32.6 Å². The van der Waals surface area contributed by atoms with Gasteiger partial charge in [-0.15, -0.1) is 0 Å². The molecule has 0 N–H and O–H groups in total. The Hall–Kier alpha value is -1.52. The van der Waals surface area contributed by atoms with Crippen LogP contribution in [0, 0.1) is 5.92 Å². The summed E-state index contributed by atoms with van der Waals surface area (Å²) in [5.41, 5.74) is 3.73. The minimum absolute atomic E-state index is 0.0431. The fraction of sp³-hybridized carbons (Fsp3) is 0.600. The van der Waals surface area contributed by atoms with Crippen molar-refractivity contribution in [1.82, 2.24) is 0 Å². The van der Waals surface area contributed by atoms with E-state index in [0.717, 1.165) is 44.0 Å². The quantitative estimate of drug-likeness (QED) is 0.837. The van der Waals surface area contributed by atoms with E-state index in [1.165, 1.54) is 36.9 Å². The van der Waals surface area contributed by atoms with Gasteiger partial charge in [-0.2, -0.15) is 0 Å². The summed E-state index contributed by atoms with van der Waals surface area (Å²) < 4.78 is 17.2. The molecule has 0 bridgehead atoms. The molecule has 0 aromatic heterocycles. The van der Waals surface area contributed by atoms with Crippen molar-refractivity contribution in [3.8, 4) is 0 Å². The number of benzene rings is 1. The van der Waals surface area contributed by atoms with E-state index in [9.17, 15) is 0 Å². The molecule has 3 heterocycles. The third-order valence-electron chi connectivity index (χ3n) is 5.43. The number of hydrogen-bond acceptors (Lipinski definition) is 4. The summed E-state index contributed by atoms with van der Waals surface area (Å²) in [6, 6.07) is 6.61. The van der Waals surface area contributed by atoms with Gasteiger partial charge in [0.15, 0.2) is 6.29 Å². The molecule has 2 saturated heterocycles. The van der Waals surface area contributed by atoms with Crippen LogP contribution in [0.3, 0.4) is 0 Å². The number of anilines is 1. The zero-order valence-corrected chi connectivity index (χ0v) is 14.3. The fourth-order valence-corrected chi connectivity index (χ4v) is 3.85. The van der Waals surface area contributed by atoms with Crippen molar-refractivity contribution in [2.45, 2.75) is 45.0 Å². The van der Waals surface area contributed by atoms with Gasteiger partial charge in [-0.25, -0.2) is 0 Å². The van der Waals surface area contributed by atoms with Gasteiger partial charge in [0.05, 0.1) is 6.61 Å². The first-order valence-electron chi connectivity index (χ1n) is 9.23. The van der Waals surface area contributed by atoms with Gasteiger partial charge in [0.25, 0.3) is 0 Å². The van der Waals surface area contributed by atoms with Crippen molar-refractivity contribution < 1.29 is 14.2 Å². The molecular weight excluding hydrogens is 302 g/mol. The molecule has 0 spiro atoms. The molecular formula is C20H27NO3. The zero-order valence-electron chi connectivity index (χ0n) is 14.3. The lowest BCUT2D eigenvalue weighted by Gasteiger charge is -2.34. The van der Waals surface area contributed by atoms with Crippen molar-refractivity contribution >= 4 is 11.4 Å². The van der Waals surface area contributed by atoms with Crippen molar-refractivity contribution in [2.24, 2.45) is 5.92 Å². The minimum atomic E-state index is 0.0431. The van der Waals surface area contributed by atoms with E-state index in [2.05, 4.69) is 29.7 Å². The van der Waals surface area contributed by atoms with Crippen LogP contribution in [0.1, 0.15) is 43.2 Å². The Morgan fingerprint density at radius 2 is 2.04 bits per heavy atom. The summed E-state index contributed by atoms with van der Waals surface area (Å²) in [6.07, 6.45) is 5.89. The van der Waals surface area contributed by atoms with E-state index >= 15 is 0 Å². The van der Waals surface area contributed by atoms with Gasteiger partial charge in [-0.1, -0.05) is 6.58 Å². The Labute approximate surface area is 144 Å². The normalized spacial score (nSPS) is 24.8. The van der Waals surface area contributed by atoms with Crippen LogP contribution < -0.4 is 4.90 Å². The van der Waals surface area contributed by atoms with E-state index in [0.29, 0.717) is 12.5 Å². The molecule has 0 aliphatic carbocycles. The molecule has 130 valence electrons. The lowest BCUT2D eigenvalue weighted by atomic mass is 9.97. The number of fused-ring (bicyclic) bond motifs is 1. The summed E-state index contributed by atoms with van der Waals surface area (Å²) in [4.78, 5) is 2.48. The Kier molecular flexibility index (Phi) is 4.76. The standard InChI is InChI=1S/C20H27NO3/c1-15-19-6-5-18(12-17(19)14-23-15)21-9-7-16(8-10-21)13-24-20-4-2-3-11-22-20/h5-6,12,16,20H,1-4,7-11,13-14H2. The number of piperidine rings is 1. The summed E-state index contributed by atoms with van der Waals surface area (Å²) in [5.74, 6) is 1.46. The number of hydrogen-bond donors (Lipinski definition) is 0. The first kappa shape index (κ1) is 16.0. The van der Waals surface area contributed by atoms with Crippen molar-refractivity contribution in [2.75, 3.05) is 31.2 Å². The highest BCUT2D eigenvalue weighted by Crippen LogP contribution is 2.33. The van der Waals surface area contributed by atoms with Gasteiger partial charge in [-0.3, -0.25) is 0 Å². The van der Waals surface area contributed by atoms with Crippen LogP contribution in [-0.2, 0) is 20.8 Å². The Morgan fingerprint density at radius 1 is 1.17 bits per heavy atom. The van der Waals surface area contributed by atoms with E-state index in [-0.39, 0.29) is 6.29 Å². The monoisotopic (exact) mass is 329 g/mol. The van der Waals surface area contributed by atoms with Gasteiger partial charge in [0, 0.05) is 36.5 Å². The second kappa shape index (κ2) is 7.16. The Balaban J connectivity index is 1.27. The van der Waals surface area contributed by atoms with E-state index in [1.54, 1.807) is 0 Å². The highest BCUT2D eigenvalue weighted by atomic mass is 16.7. The molecule has 4 rings (SSSR count). The maximum atomic E-state index is 5.97. The highest BCUT2D eigenvalue weighted by Gasteiger charge is 2.23. The molecule has 3 aliphatic heterocycles. The first-order chi connectivity index (χ1) is 11.8. The van der Waals surface area contributed by atoms with Crippen molar-refractivity contribution in [3.63, 3.8) is 0 Å². The van der Waals surface area contributed by atoms with Crippen molar-refractivity contribution in [1.29, 1.82) is 0 Å². The topological polar surface area (TPSA) is 30.9 Å². The molecule has 1 aromatic rings. The summed E-state index contributed by atoms with van der Waals surface area (Å²) >= 11 is 0. The molecule has 2 fully saturated rings. The van der Waals surface area contributed by atoms with Crippen LogP contribution >= 0.6 is 0 Å². The smallest absolute Gasteiger partial charge is 0.157 e. The molecule has 4 nitrogen and oxygen atoms in total. The van der Waals surface area contributed by atoms with Crippen LogP contribution in [0.2, 0.25) is 0 Å². The van der Waals surface area contributed by atoms with E-state index in [1.807, 2.05) is 0 Å². The lowest BCUT2D eigenvalue weighted by molar-refractivity contribution is -0.169. The number of ether oxygens (including phenoxy) is 3. The molecule has 1 atom stereocenters. The minimum Gasteiger partial charge on any atom is -0.489 e. The maximum absolute atomic E-state index is 5.97. The molecule has 0 amide bonds. The molecule has 1 aromatic carbocycles. The predicted molar refractivity (Wildman–Crippen MR) is 94.7 cm³/mol. The van der Waals surface area contributed by atoms with E-state index in [4.69, 9.17) is 14.2 Å². The largest absolute Gasteiger partial charge is 0.489 e. The molecule has 3 aliphatic rings. The zero-order chi connectivity index (χ0) is 16.4. The van der Waals surface area contributed by atoms with Gasteiger partial charge in [0.1, 0.15) is 12.4 Å². The van der Waals surface area contributed by atoms with E-state index < -0.39 is 0 Å². The van der Waals surface area contributed by atoms with Gasteiger partial charge in [0.2, 0.25) is 0 Å². The Morgan fingerprint density at radius 3 is 2.83 bits per heavy atom. The SMILES string of the molecule is C=C1OCc2cc(N3CCC(COC4CCCCO4)CC3)ccc21. The number of rotatable bonds is 4. The fourth-order valence-electron chi connectivity index (χ4n) is 3.85. The highest BCUT2D eigenvalue weighted by molar-refractivity contribution is 5.67. The molecule has 0 radical (unpaired) electrons. The predicted octanol–water partition coefficient (Wildman–Crippen LogP) is 3.95. The molecule has 4 heteroatoms. The average Bonchev–Trinajstić information content (AvgIpc) is 3.02. The van der Waals surface area contributed by atoms with Gasteiger partial charge in [-0.05, 0) is 56.2 Å². The van der Waals surface area contributed by atoms with Crippen LogP contribution in [0.25, 0.3) is 5.76 Å². The lowest BCUT2D eigenvalue weighted by Crippen LogP contribution is -2.36. The van der Waals surface area contributed by atoms with Gasteiger partial charge < -0.3 is 19.1 Å². The van der Waals surface area contributed by atoms with Crippen LogP contribution in [0.5, 0.6) is 0 Å².